The standard InChI is InChI=1S/C73H86N10O20S/c1-41-47(45-16-17-53(78-58(45)64(95)96)81-23-20-43-10-8-11-46(48(43)28-81)63(94)79-68-77-49-12-4-5-13-52(49)104-68)27-76-83(41)37-71-32-69(2)31-70(3,33-71)35-73(34-69,36-71)101-24-22-74-50(26-54(87)80-72(38-84,39-85)40-86)66(99)100-30-44-15-14-42(9-6-7-21-75-55(88)29-82-56(89)18-19-57(82)90)25-51(44)102-67-61(93)59(91)60(92)62(103-67)65(97)98/h4-5,8,10-19,25,27,50,59-62,67,74,84-86,91-93H,6-7,9,20-24,26,28-40H2,1-3H3,(H,75,88)(H,80,87)(H,95,96)(H,97,98)(H,77,79,94)/t50?,59-,60-,61-,62-,67+,69?,70?,71?,73?/m0/s1. The first kappa shape index (κ1) is 74.6. The van der Waals surface area contributed by atoms with Gasteiger partial charge in [-0.3, -0.25) is 43.7 Å². The van der Waals surface area contributed by atoms with Crippen LogP contribution in [0.3, 0.4) is 0 Å². The molecule has 0 spiro atoms. The third kappa shape index (κ3) is 16.1. The van der Waals surface area contributed by atoms with Gasteiger partial charge in [0.15, 0.2) is 16.9 Å². The number of esters is 1. The fourth-order valence-electron chi connectivity index (χ4n) is 16.9. The Morgan fingerprint density at radius 3 is 2.26 bits per heavy atom. The van der Waals surface area contributed by atoms with Gasteiger partial charge in [0, 0.05) is 72.8 Å². The number of ether oxygens (including phenoxy) is 4. The Morgan fingerprint density at radius 1 is 0.808 bits per heavy atom. The molecule has 1 saturated heterocycles. The third-order valence-corrected chi connectivity index (χ3v) is 21.8. The average Bonchev–Trinajstić information content (AvgIpc) is 0.783. The van der Waals surface area contributed by atoms with Crippen LogP contribution in [0.1, 0.15) is 120 Å². The van der Waals surface area contributed by atoms with Crippen LogP contribution in [0.4, 0.5) is 10.9 Å². The fraction of sp³-hybridized carbons (Fsp3) is 0.493. The SMILES string of the molecule is Cc1c(-c2ccc(N3CCc4cccc(C(=O)Nc5nc6ccccc6s5)c4C3)nc2C(=O)O)cnn1CC12CC3(C)CC(C)(C1)CC(OCCNC(CC(=O)NC(CO)(CO)CO)C(=O)OCc1ccc(CCCCNC(=O)CN4C(=O)C=CC4=O)cc1O[C@@H]1O[C@H](C(=O)O)[C@@H](O)[C@H](O)[C@@H]1O)(C3)C2. The summed E-state index contributed by atoms with van der Waals surface area (Å²) in [6, 6.07) is 20.2. The number of imide groups is 1. The summed E-state index contributed by atoms with van der Waals surface area (Å²) in [6.45, 7) is 4.56. The van der Waals surface area contributed by atoms with Gasteiger partial charge in [-0.1, -0.05) is 61.6 Å². The normalized spacial score (nSPS) is 25.1. The maximum atomic E-state index is 14.4. The molecule has 31 heteroatoms. The number of carboxylic acid groups (broad SMARTS) is 2. The van der Waals surface area contributed by atoms with E-state index in [1.165, 1.54) is 23.5 Å². The number of nitrogens with zero attached hydrogens (tertiary/aromatic N) is 6. The number of aliphatic hydroxyl groups excluding tert-OH is 6. The van der Waals surface area contributed by atoms with E-state index in [2.05, 4.69) is 40.1 Å². The van der Waals surface area contributed by atoms with Crippen LogP contribution >= 0.6 is 11.3 Å². The van der Waals surface area contributed by atoms with Crippen LogP contribution in [0.25, 0.3) is 21.3 Å². The van der Waals surface area contributed by atoms with Gasteiger partial charge in [0.05, 0.1) is 54.9 Å². The number of carbonyl (C=O) groups is 8. The van der Waals surface area contributed by atoms with Crippen LogP contribution in [0.15, 0.2) is 91.1 Å². The molecule has 3 aromatic heterocycles. The Kier molecular flexibility index (Phi) is 21.9. The van der Waals surface area contributed by atoms with Crippen molar-refractivity contribution in [1.29, 1.82) is 0 Å². The van der Waals surface area contributed by atoms with Gasteiger partial charge >= 0.3 is 17.9 Å². The number of benzene rings is 3. The average molecular weight is 1460 g/mol. The van der Waals surface area contributed by atoms with E-state index in [0.717, 1.165) is 76.2 Å². The molecule has 4 saturated carbocycles. The zero-order valence-corrected chi connectivity index (χ0v) is 58.6. The van der Waals surface area contributed by atoms with E-state index in [9.17, 15) is 79.2 Å². The van der Waals surface area contributed by atoms with Crippen LogP contribution in [-0.4, -0.2) is 213 Å². The number of unbranched alkanes of at least 4 members (excludes halogenated alkanes) is 1. The molecule has 4 aliphatic carbocycles. The monoisotopic (exact) mass is 1450 g/mol. The number of aromatic carboxylic acids is 1. The van der Waals surface area contributed by atoms with Crippen molar-refractivity contribution < 1.29 is 98.2 Å². The number of carboxylic acids is 2. The first-order valence-corrected chi connectivity index (χ1v) is 35.4. The third-order valence-electron chi connectivity index (χ3n) is 20.8. The van der Waals surface area contributed by atoms with Gasteiger partial charge in [0.25, 0.3) is 17.7 Å². The minimum Gasteiger partial charge on any atom is -0.479 e. The Hall–Kier alpha value is -9.15. The lowest BCUT2D eigenvalue weighted by Gasteiger charge is -2.69. The smallest absolute Gasteiger partial charge is 0.355 e. The summed E-state index contributed by atoms with van der Waals surface area (Å²) >= 11 is 1.39. The summed E-state index contributed by atoms with van der Waals surface area (Å²) < 4.78 is 27.3. The second kappa shape index (κ2) is 30.5. The number of carbonyl (C=O) groups excluding carboxylic acids is 6. The van der Waals surface area contributed by atoms with Gasteiger partial charge in [-0.15, -0.1) is 0 Å². The Labute approximate surface area is 601 Å². The quantitative estimate of drug-likeness (QED) is 0.0169. The number of para-hydroxylation sites is 1. The summed E-state index contributed by atoms with van der Waals surface area (Å²) in [5.74, 6) is -6.37. The van der Waals surface area contributed by atoms with Crippen molar-refractivity contribution in [2.45, 2.75) is 159 Å². The number of aromatic nitrogens is 4. The van der Waals surface area contributed by atoms with Gasteiger partial charge in [0.2, 0.25) is 18.1 Å². The van der Waals surface area contributed by atoms with Crippen molar-refractivity contribution in [3.05, 3.63) is 130 Å². The molecule has 6 aromatic rings. The fourth-order valence-corrected chi connectivity index (χ4v) is 17.8. The summed E-state index contributed by atoms with van der Waals surface area (Å²) in [5, 5.41) is 99.5. The lowest BCUT2D eigenvalue weighted by Crippen LogP contribution is -2.64. The van der Waals surface area contributed by atoms with E-state index < -0.39 is 129 Å². The number of rotatable bonds is 31. The van der Waals surface area contributed by atoms with Crippen molar-refractivity contribution in [2.24, 2.45) is 16.2 Å². The number of hydrogen-bond acceptors (Lipinski definition) is 24. The van der Waals surface area contributed by atoms with Gasteiger partial charge in [-0.25, -0.2) is 19.6 Å². The molecule has 104 heavy (non-hydrogen) atoms. The van der Waals surface area contributed by atoms with Gasteiger partial charge in [-0.2, -0.15) is 5.10 Å². The van der Waals surface area contributed by atoms with E-state index >= 15 is 0 Å². The Balaban J connectivity index is 0.716. The second-order valence-corrected chi connectivity index (χ2v) is 30.3. The van der Waals surface area contributed by atoms with E-state index in [0.29, 0.717) is 84.9 Å². The lowest BCUT2D eigenvalue weighted by molar-refractivity contribution is -0.271. The minimum atomic E-state index is -2.03. The number of anilines is 2. The van der Waals surface area contributed by atoms with E-state index in [-0.39, 0.29) is 58.9 Å². The molecule has 5 amide bonds. The number of thiazole rings is 1. The zero-order chi connectivity index (χ0) is 74.0. The van der Waals surface area contributed by atoms with Gasteiger partial charge < -0.3 is 80.6 Å². The molecule has 3 aromatic carbocycles. The molecule has 30 nitrogen and oxygen atoms in total. The van der Waals surface area contributed by atoms with Crippen molar-refractivity contribution in [3.8, 4) is 16.9 Å². The molecule has 6 heterocycles. The highest BCUT2D eigenvalue weighted by Gasteiger charge is 2.66. The predicted molar refractivity (Wildman–Crippen MR) is 372 cm³/mol. The first-order chi connectivity index (χ1) is 49.6. The molecule has 12 N–H and O–H groups in total. The first-order valence-electron chi connectivity index (χ1n) is 34.6. The van der Waals surface area contributed by atoms with Crippen LogP contribution in [0.2, 0.25) is 0 Å². The number of hydrogen-bond donors (Lipinski definition) is 12. The second-order valence-electron chi connectivity index (χ2n) is 29.3. The van der Waals surface area contributed by atoms with Gasteiger partial charge in [-0.05, 0) is 140 Å². The van der Waals surface area contributed by atoms with Crippen LogP contribution in [0, 0.1) is 23.2 Å². The van der Waals surface area contributed by atoms with Crippen LogP contribution < -0.4 is 30.9 Å². The Morgan fingerprint density at radius 2 is 1.55 bits per heavy atom. The molecule has 0 radical (unpaired) electrons. The van der Waals surface area contributed by atoms with Gasteiger partial charge in [0.1, 0.15) is 54.6 Å². The lowest BCUT2D eigenvalue weighted by atomic mass is 9.39. The summed E-state index contributed by atoms with van der Waals surface area (Å²) in [7, 11) is 0. The van der Waals surface area contributed by atoms with Crippen LogP contribution in [-0.2, 0) is 75.5 Å². The maximum Gasteiger partial charge on any atom is 0.355 e. The Bertz CT molecular complexity index is 4250. The molecule has 3 aliphatic heterocycles. The number of aryl methyl sites for hydroxylation is 1. The predicted octanol–water partition coefficient (Wildman–Crippen LogP) is 3.07. The number of aliphatic carboxylic acids is 1. The maximum absolute atomic E-state index is 14.4. The number of pyridine rings is 1. The van der Waals surface area contributed by atoms with Crippen molar-refractivity contribution in [1.82, 2.24) is 40.6 Å². The molecule has 5 fully saturated rings. The molecule has 554 valence electrons. The highest BCUT2D eigenvalue weighted by molar-refractivity contribution is 7.22. The molecule has 13 rings (SSSR count). The molecule has 8 atom stereocenters. The van der Waals surface area contributed by atoms with E-state index in [1.54, 1.807) is 24.4 Å². The largest absolute Gasteiger partial charge is 0.479 e. The molecular formula is C73H86N10O20S. The number of nitrogens with one attached hydrogen (secondary N) is 4. The van der Waals surface area contributed by atoms with Crippen LogP contribution in [0.5, 0.6) is 5.75 Å². The molecule has 4 bridgehead atoms. The topological polar surface area (TPSA) is 434 Å². The number of fused-ring (bicyclic) bond motifs is 2. The highest BCUT2D eigenvalue weighted by atomic mass is 32.1. The molecule has 7 aliphatic rings. The zero-order valence-electron chi connectivity index (χ0n) is 57.7. The van der Waals surface area contributed by atoms with Crippen molar-refractivity contribution in [3.63, 3.8) is 0 Å². The highest BCUT2D eigenvalue weighted by Crippen LogP contribution is 2.72. The summed E-state index contributed by atoms with van der Waals surface area (Å²) in [4.78, 5) is 116. The van der Waals surface area contributed by atoms with E-state index in [4.69, 9.17) is 29.0 Å². The number of aliphatic hydroxyl groups is 6. The minimum absolute atomic E-state index is 0.00756. The van der Waals surface area contributed by atoms with Crippen molar-refractivity contribution >= 4 is 79.9 Å². The summed E-state index contributed by atoms with van der Waals surface area (Å²) in [6.07, 6.45) is -0.00000577. The number of amides is 5. The van der Waals surface area contributed by atoms with Crippen molar-refractivity contribution in [2.75, 3.05) is 62.8 Å². The van der Waals surface area contributed by atoms with E-state index in [1.807, 2.05) is 59.0 Å². The summed E-state index contributed by atoms with van der Waals surface area (Å²) in [5.41, 5.74) is 2.43. The molecular weight excluding hydrogens is 1370 g/mol. The molecule has 3 unspecified atom stereocenters.